The first-order valence-electron chi connectivity index (χ1n) is 10.7. The number of carbonyl (C=O) groups excluding carboxylic acids is 2. The Morgan fingerprint density at radius 3 is 2.18 bits per heavy atom. The number of Topliss-reactive ketones (excluding diaryl/α,β-unsaturated/α-hetero) is 1. The van der Waals surface area contributed by atoms with E-state index < -0.39 is 5.54 Å². The third-order valence-electron chi connectivity index (χ3n) is 5.46. The molecule has 1 aliphatic heterocycles. The Morgan fingerprint density at radius 2 is 1.61 bits per heavy atom. The summed E-state index contributed by atoms with van der Waals surface area (Å²) in [6.45, 7) is 5.38. The first-order chi connectivity index (χ1) is 13.2. The number of benzene rings is 1. The number of anilines is 1. The van der Waals surface area contributed by atoms with Crippen LogP contribution in [0.1, 0.15) is 64.4 Å². The number of nitrogens with one attached hydrogen (secondary N) is 2. The van der Waals surface area contributed by atoms with E-state index in [1.807, 2.05) is 12.1 Å². The molecule has 0 aliphatic carbocycles. The van der Waals surface area contributed by atoms with Crippen LogP contribution in [0.2, 0.25) is 0 Å². The molecule has 1 saturated heterocycles. The molecular formula is C23H38N3O2+. The number of rotatable bonds is 11. The molecule has 5 nitrogen and oxygen atoms in total. The van der Waals surface area contributed by atoms with Gasteiger partial charge in [-0.2, -0.15) is 0 Å². The van der Waals surface area contributed by atoms with Gasteiger partial charge in [0.1, 0.15) is 24.4 Å². The number of urea groups is 1. The number of ketones is 1. The summed E-state index contributed by atoms with van der Waals surface area (Å²) in [5.74, 6) is 0.110. The van der Waals surface area contributed by atoms with Crippen LogP contribution in [0, 0.1) is 0 Å². The van der Waals surface area contributed by atoms with E-state index in [0.29, 0.717) is 6.42 Å². The molecule has 2 amide bonds. The number of carbonyl (C=O) groups is 2. The van der Waals surface area contributed by atoms with Crippen LogP contribution >= 0.6 is 0 Å². The van der Waals surface area contributed by atoms with Crippen molar-refractivity contribution in [2.45, 2.75) is 70.8 Å². The fourth-order valence-electron chi connectivity index (χ4n) is 4.57. The van der Waals surface area contributed by atoms with Gasteiger partial charge in [0.25, 0.3) is 0 Å². The average molecular weight is 389 g/mol. The smallest absolute Gasteiger partial charge is 0.320 e. The number of nitrogens with zero attached hydrogens (tertiary/aromatic N) is 1. The van der Waals surface area contributed by atoms with Gasteiger partial charge in [-0.1, -0.05) is 51.2 Å². The number of aryl methyl sites for hydroxylation is 1. The monoisotopic (exact) mass is 388 g/mol. The van der Waals surface area contributed by atoms with Crippen molar-refractivity contribution in [3.8, 4) is 0 Å². The van der Waals surface area contributed by atoms with Gasteiger partial charge in [-0.25, -0.2) is 4.79 Å². The maximum atomic E-state index is 12.5. The second-order valence-electron chi connectivity index (χ2n) is 9.20. The third kappa shape index (κ3) is 7.27. The second-order valence-corrected chi connectivity index (χ2v) is 9.20. The van der Waals surface area contributed by atoms with Crippen LogP contribution < -0.4 is 10.6 Å². The van der Waals surface area contributed by atoms with Gasteiger partial charge in [-0.05, 0) is 37.5 Å². The summed E-state index contributed by atoms with van der Waals surface area (Å²) < 4.78 is 0.820. The van der Waals surface area contributed by atoms with Gasteiger partial charge in [0.15, 0.2) is 0 Å². The van der Waals surface area contributed by atoms with E-state index in [4.69, 9.17) is 0 Å². The van der Waals surface area contributed by atoms with Crippen molar-refractivity contribution >= 4 is 17.5 Å². The standard InChI is InChI=1S/C23H37N3O2/c1-5-6-7-8-9-10-11-20-12-14-21(15-13-20)24-22(28)25-23(16-19(2)27)17-26(3,4)18-23/h12-15H,5-11,16-18H2,1-4H3,(H-,24,25,28)/p+1. The summed E-state index contributed by atoms with van der Waals surface area (Å²) in [4.78, 5) is 24.1. The van der Waals surface area contributed by atoms with Crippen molar-refractivity contribution in [1.82, 2.24) is 5.32 Å². The molecule has 2 rings (SSSR count). The summed E-state index contributed by atoms with van der Waals surface area (Å²) in [6.07, 6.45) is 9.28. The molecule has 0 radical (unpaired) electrons. The summed E-state index contributed by atoms with van der Waals surface area (Å²) in [7, 11) is 4.22. The molecule has 0 saturated carbocycles. The van der Waals surface area contributed by atoms with Gasteiger partial charge >= 0.3 is 6.03 Å². The lowest BCUT2D eigenvalue weighted by atomic mass is 9.83. The SMILES string of the molecule is CCCCCCCCc1ccc(NC(=O)NC2(CC(C)=O)C[N+](C)(C)C2)cc1. The third-order valence-corrected chi connectivity index (χ3v) is 5.46. The van der Waals surface area contributed by atoms with Crippen molar-refractivity contribution in [2.24, 2.45) is 0 Å². The van der Waals surface area contributed by atoms with Crippen LogP contribution in [-0.4, -0.2) is 49.0 Å². The predicted octanol–water partition coefficient (Wildman–Crippen LogP) is 4.52. The Hall–Kier alpha value is -1.88. The molecular weight excluding hydrogens is 350 g/mol. The minimum absolute atomic E-state index is 0.110. The summed E-state index contributed by atoms with van der Waals surface area (Å²) in [6, 6.07) is 7.88. The predicted molar refractivity (Wildman–Crippen MR) is 116 cm³/mol. The van der Waals surface area contributed by atoms with Crippen molar-refractivity contribution < 1.29 is 14.1 Å². The van der Waals surface area contributed by atoms with Gasteiger partial charge in [-0.3, -0.25) is 4.79 Å². The average Bonchev–Trinajstić information content (AvgIpc) is 2.56. The van der Waals surface area contributed by atoms with E-state index in [1.54, 1.807) is 6.92 Å². The number of hydrogen-bond donors (Lipinski definition) is 2. The topological polar surface area (TPSA) is 58.2 Å². The quantitative estimate of drug-likeness (QED) is 0.432. The lowest BCUT2D eigenvalue weighted by Gasteiger charge is -2.53. The highest BCUT2D eigenvalue weighted by Crippen LogP contribution is 2.29. The molecule has 1 fully saturated rings. The zero-order valence-electron chi connectivity index (χ0n) is 18.1. The van der Waals surface area contributed by atoms with Gasteiger partial charge in [0.05, 0.1) is 14.1 Å². The molecule has 1 aliphatic rings. The summed E-state index contributed by atoms with van der Waals surface area (Å²) >= 11 is 0. The van der Waals surface area contributed by atoms with E-state index in [2.05, 4.69) is 43.8 Å². The van der Waals surface area contributed by atoms with Crippen LogP contribution in [0.4, 0.5) is 10.5 Å². The molecule has 28 heavy (non-hydrogen) atoms. The Morgan fingerprint density at radius 1 is 1.00 bits per heavy atom. The second kappa shape index (κ2) is 10.1. The largest absolute Gasteiger partial charge is 0.324 e. The number of unbranched alkanes of at least 4 members (excludes halogenated alkanes) is 5. The first kappa shape index (κ1) is 22.4. The number of amides is 2. The van der Waals surface area contributed by atoms with Gasteiger partial charge < -0.3 is 15.1 Å². The van der Waals surface area contributed by atoms with E-state index in [-0.39, 0.29) is 11.8 Å². The fraction of sp³-hybridized carbons (Fsp3) is 0.652. The zero-order valence-corrected chi connectivity index (χ0v) is 18.1. The van der Waals surface area contributed by atoms with Crippen molar-refractivity contribution in [1.29, 1.82) is 0 Å². The van der Waals surface area contributed by atoms with Crippen LogP contribution in [0.5, 0.6) is 0 Å². The minimum Gasteiger partial charge on any atom is -0.324 e. The van der Waals surface area contributed by atoms with E-state index >= 15 is 0 Å². The van der Waals surface area contributed by atoms with Gasteiger partial charge in [0, 0.05) is 12.1 Å². The first-order valence-corrected chi connectivity index (χ1v) is 10.7. The Kier molecular flexibility index (Phi) is 8.05. The Bertz CT molecular complexity index is 644. The minimum atomic E-state index is -0.420. The molecule has 0 bridgehead atoms. The fourth-order valence-corrected chi connectivity index (χ4v) is 4.57. The number of hydrogen-bond acceptors (Lipinski definition) is 2. The highest BCUT2D eigenvalue weighted by molar-refractivity contribution is 5.90. The van der Waals surface area contributed by atoms with Crippen LogP contribution in [0.25, 0.3) is 0 Å². The lowest BCUT2D eigenvalue weighted by Crippen LogP contribution is -2.77. The molecule has 1 aromatic rings. The van der Waals surface area contributed by atoms with E-state index in [1.165, 1.54) is 44.1 Å². The van der Waals surface area contributed by atoms with Crippen LogP contribution in [0.3, 0.4) is 0 Å². The number of quaternary nitrogens is 1. The normalized spacial score (nSPS) is 16.9. The molecule has 0 atom stereocenters. The van der Waals surface area contributed by atoms with Gasteiger partial charge in [0.2, 0.25) is 0 Å². The molecule has 2 N–H and O–H groups in total. The molecule has 0 unspecified atom stereocenters. The van der Waals surface area contributed by atoms with Crippen molar-refractivity contribution in [3.05, 3.63) is 29.8 Å². The maximum absolute atomic E-state index is 12.5. The summed E-state index contributed by atoms with van der Waals surface area (Å²) in [5, 5.41) is 5.97. The molecule has 5 heteroatoms. The highest BCUT2D eigenvalue weighted by atomic mass is 16.2. The molecule has 0 spiro atoms. The van der Waals surface area contributed by atoms with Crippen LogP contribution in [0.15, 0.2) is 24.3 Å². The molecule has 1 heterocycles. The van der Waals surface area contributed by atoms with Gasteiger partial charge in [-0.15, -0.1) is 0 Å². The number of likely N-dealkylation sites (N-methyl/N-ethyl adjacent to an activating group) is 1. The lowest BCUT2D eigenvalue weighted by molar-refractivity contribution is -0.940. The summed E-state index contributed by atoms with van der Waals surface area (Å²) in [5.41, 5.74) is 1.68. The van der Waals surface area contributed by atoms with Crippen molar-refractivity contribution in [2.75, 3.05) is 32.5 Å². The zero-order chi connectivity index (χ0) is 20.6. The number of likely N-dealkylation sites (tertiary alicyclic amines) is 1. The molecule has 0 aromatic heterocycles. The Labute approximate surface area is 170 Å². The molecule has 1 aromatic carbocycles. The highest BCUT2D eigenvalue weighted by Gasteiger charge is 2.53. The Balaban J connectivity index is 1.78. The van der Waals surface area contributed by atoms with E-state index in [0.717, 1.165) is 29.7 Å². The van der Waals surface area contributed by atoms with Crippen LogP contribution in [-0.2, 0) is 11.2 Å². The molecule has 156 valence electrons. The maximum Gasteiger partial charge on any atom is 0.320 e. The van der Waals surface area contributed by atoms with E-state index in [9.17, 15) is 9.59 Å². The van der Waals surface area contributed by atoms with Crippen molar-refractivity contribution in [3.63, 3.8) is 0 Å².